The number of carbonyl (C=O) groups is 2. The molecular weight excluding hydrogens is 270 g/mol. The summed E-state index contributed by atoms with van der Waals surface area (Å²) in [5.41, 5.74) is -0.755. The molecule has 21 heavy (non-hydrogen) atoms. The third-order valence-electron chi connectivity index (χ3n) is 4.19. The Morgan fingerprint density at radius 2 is 1.76 bits per heavy atom. The van der Waals surface area contributed by atoms with Crippen molar-refractivity contribution in [1.29, 1.82) is 0 Å². The average molecular weight is 299 g/mol. The lowest BCUT2D eigenvalue weighted by molar-refractivity contribution is -0.148. The van der Waals surface area contributed by atoms with Gasteiger partial charge in [0.15, 0.2) is 0 Å². The molecule has 0 aliphatic heterocycles. The first-order valence-electron chi connectivity index (χ1n) is 7.82. The summed E-state index contributed by atoms with van der Waals surface area (Å²) in [7, 11) is 3.94. The number of urea groups is 1. The Labute approximate surface area is 127 Å². The lowest BCUT2D eigenvalue weighted by atomic mass is 9.86. The van der Waals surface area contributed by atoms with Crippen LogP contribution in [-0.4, -0.2) is 67.2 Å². The Morgan fingerprint density at radius 3 is 2.24 bits per heavy atom. The zero-order valence-electron chi connectivity index (χ0n) is 13.5. The van der Waals surface area contributed by atoms with Gasteiger partial charge in [0.05, 0.1) is 5.41 Å². The number of amides is 2. The van der Waals surface area contributed by atoms with Crippen LogP contribution in [0.15, 0.2) is 0 Å². The van der Waals surface area contributed by atoms with Gasteiger partial charge >= 0.3 is 12.0 Å². The van der Waals surface area contributed by atoms with Crippen molar-refractivity contribution in [2.45, 2.75) is 39.0 Å². The molecule has 1 aliphatic rings. The van der Waals surface area contributed by atoms with Crippen LogP contribution >= 0.6 is 0 Å². The van der Waals surface area contributed by atoms with Gasteiger partial charge in [0, 0.05) is 26.2 Å². The van der Waals surface area contributed by atoms with Crippen LogP contribution in [-0.2, 0) is 4.79 Å². The van der Waals surface area contributed by atoms with Crippen molar-refractivity contribution in [3.8, 4) is 0 Å². The van der Waals surface area contributed by atoms with Gasteiger partial charge in [-0.15, -0.1) is 0 Å². The van der Waals surface area contributed by atoms with E-state index >= 15 is 0 Å². The molecule has 2 amide bonds. The smallest absolute Gasteiger partial charge is 0.317 e. The third kappa shape index (κ3) is 5.19. The molecule has 0 aromatic carbocycles. The fourth-order valence-corrected chi connectivity index (χ4v) is 2.78. The van der Waals surface area contributed by atoms with Gasteiger partial charge < -0.3 is 20.2 Å². The molecular formula is C15H29N3O3. The molecule has 0 spiro atoms. The van der Waals surface area contributed by atoms with Crippen LogP contribution in [0.25, 0.3) is 0 Å². The Balaban J connectivity index is 2.53. The first kappa shape index (κ1) is 17.8. The molecule has 0 aromatic rings. The highest BCUT2D eigenvalue weighted by molar-refractivity contribution is 5.78. The van der Waals surface area contributed by atoms with Gasteiger partial charge in [-0.3, -0.25) is 4.79 Å². The normalized spacial score (nSPS) is 17.0. The van der Waals surface area contributed by atoms with E-state index in [0.717, 1.165) is 25.8 Å². The van der Waals surface area contributed by atoms with E-state index in [0.29, 0.717) is 25.9 Å². The van der Waals surface area contributed by atoms with Crippen LogP contribution < -0.4 is 5.32 Å². The number of carbonyl (C=O) groups excluding carboxylic acids is 1. The van der Waals surface area contributed by atoms with E-state index < -0.39 is 11.4 Å². The number of aliphatic carboxylic acids is 1. The second kappa shape index (κ2) is 8.22. The highest BCUT2D eigenvalue weighted by Crippen LogP contribution is 2.37. The SMILES string of the molecule is CCCN(CCN(C)C)C(=O)NCC1(C(=O)O)CCCC1. The zero-order chi connectivity index (χ0) is 15.9. The van der Waals surface area contributed by atoms with Gasteiger partial charge in [-0.2, -0.15) is 0 Å². The Hall–Kier alpha value is -1.30. The molecule has 6 heteroatoms. The molecule has 2 N–H and O–H groups in total. The number of likely N-dealkylation sites (N-methyl/N-ethyl adjacent to an activating group) is 1. The quantitative estimate of drug-likeness (QED) is 0.714. The molecule has 1 aliphatic carbocycles. The maximum absolute atomic E-state index is 12.3. The van der Waals surface area contributed by atoms with Crippen molar-refractivity contribution in [2.24, 2.45) is 5.41 Å². The summed E-state index contributed by atoms with van der Waals surface area (Å²) < 4.78 is 0. The molecule has 0 atom stereocenters. The van der Waals surface area contributed by atoms with E-state index in [1.54, 1.807) is 4.90 Å². The van der Waals surface area contributed by atoms with Gasteiger partial charge in [0.2, 0.25) is 0 Å². The zero-order valence-corrected chi connectivity index (χ0v) is 13.5. The standard InChI is InChI=1S/C15H29N3O3/c1-4-9-18(11-10-17(2)3)14(21)16-12-15(13(19)20)7-5-6-8-15/h4-12H2,1-3H3,(H,16,21)(H,19,20). The van der Waals surface area contributed by atoms with Crippen LogP contribution in [0.2, 0.25) is 0 Å². The monoisotopic (exact) mass is 299 g/mol. The van der Waals surface area contributed by atoms with Gasteiger partial charge in [0.25, 0.3) is 0 Å². The lowest BCUT2D eigenvalue weighted by Gasteiger charge is -2.28. The highest BCUT2D eigenvalue weighted by Gasteiger charge is 2.41. The van der Waals surface area contributed by atoms with Crippen LogP contribution in [0.3, 0.4) is 0 Å². The number of hydrogen-bond donors (Lipinski definition) is 2. The second-order valence-electron chi connectivity index (χ2n) is 6.24. The molecule has 1 fully saturated rings. The molecule has 1 saturated carbocycles. The topological polar surface area (TPSA) is 72.9 Å². The molecule has 0 radical (unpaired) electrons. The number of nitrogens with one attached hydrogen (secondary N) is 1. The summed E-state index contributed by atoms with van der Waals surface area (Å²) in [6, 6.07) is -0.147. The minimum Gasteiger partial charge on any atom is -0.481 e. The Bertz CT molecular complexity index is 352. The fraction of sp³-hybridized carbons (Fsp3) is 0.867. The minimum absolute atomic E-state index is 0.147. The predicted molar refractivity (Wildman–Crippen MR) is 82.4 cm³/mol. The second-order valence-corrected chi connectivity index (χ2v) is 6.24. The maximum Gasteiger partial charge on any atom is 0.317 e. The van der Waals surface area contributed by atoms with Crippen molar-refractivity contribution in [2.75, 3.05) is 40.3 Å². The molecule has 6 nitrogen and oxygen atoms in total. The van der Waals surface area contributed by atoms with E-state index in [-0.39, 0.29) is 12.6 Å². The molecule has 0 aromatic heterocycles. The van der Waals surface area contributed by atoms with Gasteiger partial charge in [-0.1, -0.05) is 19.8 Å². The first-order chi connectivity index (χ1) is 9.91. The number of nitrogens with zero attached hydrogens (tertiary/aromatic N) is 2. The minimum atomic E-state index is -0.782. The largest absolute Gasteiger partial charge is 0.481 e. The van der Waals surface area contributed by atoms with E-state index in [1.165, 1.54) is 0 Å². The van der Waals surface area contributed by atoms with Crippen molar-refractivity contribution in [3.05, 3.63) is 0 Å². The molecule has 0 saturated heterocycles. The Kier molecular flexibility index (Phi) is 6.95. The summed E-state index contributed by atoms with van der Waals surface area (Å²) in [4.78, 5) is 27.5. The summed E-state index contributed by atoms with van der Waals surface area (Å²) in [5, 5.41) is 12.3. The summed E-state index contributed by atoms with van der Waals surface area (Å²) in [6.07, 6.45) is 4.08. The van der Waals surface area contributed by atoms with Gasteiger partial charge in [0.1, 0.15) is 0 Å². The molecule has 1 rings (SSSR count). The van der Waals surface area contributed by atoms with Crippen molar-refractivity contribution in [1.82, 2.24) is 15.1 Å². The third-order valence-corrected chi connectivity index (χ3v) is 4.19. The maximum atomic E-state index is 12.3. The number of hydrogen-bond acceptors (Lipinski definition) is 3. The summed E-state index contributed by atoms with van der Waals surface area (Å²) >= 11 is 0. The van der Waals surface area contributed by atoms with Crippen LogP contribution in [0.5, 0.6) is 0 Å². The summed E-state index contributed by atoms with van der Waals surface area (Å²) in [6.45, 7) is 4.43. The van der Waals surface area contributed by atoms with E-state index in [1.807, 2.05) is 25.9 Å². The molecule has 122 valence electrons. The first-order valence-corrected chi connectivity index (χ1v) is 7.82. The van der Waals surface area contributed by atoms with Crippen LogP contribution in [0.1, 0.15) is 39.0 Å². The average Bonchev–Trinajstić information content (AvgIpc) is 2.90. The van der Waals surface area contributed by atoms with Crippen LogP contribution in [0, 0.1) is 5.41 Å². The van der Waals surface area contributed by atoms with Crippen molar-refractivity contribution >= 4 is 12.0 Å². The number of carboxylic acid groups (broad SMARTS) is 1. The van der Waals surface area contributed by atoms with Crippen LogP contribution in [0.4, 0.5) is 4.79 Å². The predicted octanol–water partition coefficient (Wildman–Crippen LogP) is 1.61. The lowest BCUT2D eigenvalue weighted by Crippen LogP contribution is -2.48. The van der Waals surface area contributed by atoms with Crippen molar-refractivity contribution < 1.29 is 14.7 Å². The van der Waals surface area contributed by atoms with E-state index in [2.05, 4.69) is 5.32 Å². The fourth-order valence-electron chi connectivity index (χ4n) is 2.78. The summed E-state index contributed by atoms with van der Waals surface area (Å²) in [5.74, 6) is -0.782. The highest BCUT2D eigenvalue weighted by atomic mass is 16.4. The van der Waals surface area contributed by atoms with E-state index in [4.69, 9.17) is 0 Å². The van der Waals surface area contributed by atoms with Gasteiger partial charge in [-0.05, 0) is 33.4 Å². The number of rotatable bonds is 8. The van der Waals surface area contributed by atoms with E-state index in [9.17, 15) is 14.7 Å². The number of carboxylic acids is 1. The van der Waals surface area contributed by atoms with Gasteiger partial charge in [-0.25, -0.2) is 4.79 Å². The molecule has 0 bridgehead atoms. The van der Waals surface area contributed by atoms with Crippen molar-refractivity contribution in [3.63, 3.8) is 0 Å². The molecule has 0 heterocycles. The molecule has 0 unspecified atom stereocenters. The Morgan fingerprint density at radius 1 is 1.14 bits per heavy atom.